The molecule has 0 aromatic rings. The van der Waals surface area contributed by atoms with E-state index >= 15 is 0 Å². The third kappa shape index (κ3) is 1.05. The predicted molar refractivity (Wildman–Crippen MR) is 34.2 cm³/mol. The van der Waals surface area contributed by atoms with Crippen molar-refractivity contribution in [1.82, 2.24) is 0 Å². The second kappa shape index (κ2) is 1.53. The SMILES string of the molecule is CC1(C)OC(C)(F)[C](C)([Rf])O1. The molecule has 0 N–H and O–H groups in total. The summed E-state index contributed by atoms with van der Waals surface area (Å²) < 4.78 is 24.2. The second-order valence-corrected chi connectivity index (χ2v) is 9.86. The summed E-state index contributed by atoms with van der Waals surface area (Å²) in [5, 5.41) is 0. The molecule has 1 fully saturated rings. The van der Waals surface area contributed by atoms with Gasteiger partial charge in [-0.2, -0.15) is 0 Å². The molecule has 61 valence electrons. The van der Waals surface area contributed by atoms with Crippen LogP contribution < -0.4 is 0 Å². The maximum atomic E-state index is 13.6. The van der Waals surface area contributed by atoms with Crippen molar-refractivity contribution in [3.8, 4) is 0 Å². The van der Waals surface area contributed by atoms with Gasteiger partial charge in [-0.15, -0.1) is 0 Å². The molecule has 11 heavy (non-hydrogen) atoms. The Morgan fingerprint density at radius 3 is 1.64 bits per heavy atom. The molecule has 2 nitrogen and oxygen atoms in total. The summed E-state index contributed by atoms with van der Waals surface area (Å²) >= 11 is 0. The van der Waals surface area contributed by atoms with E-state index in [2.05, 4.69) is 0 Å². The van der Waals surface area contributed by atoms with Crippen LogP contribution in [0.4, 0.5) is 4.39 Å². The number of ether oxygens (including phenoxy) is 2. The van der Waals surface area contributed by atoms with Gasteiger partial charge in [0.2, 0.25) is 0 Å². The standard InChI is InChI=1S/C7H12FO2.Rf/c1-5-7(4,8)10-6(2,3)9-5;/h1-4H3;. The molecule has 0 aromatic carbocycles. The van der Waals surface area contributed by atoms with Crippen molar-refractivity contribution in [2.75, 3.05) is 0 Å². The molecular formula is C7H12FO2Rf. The number of alkyl halides is 1. The van der Waals surface area contributed by atoms with Crippen LogP contribution >= 0.6 is 0 Å². The number of halogens is 1. The molecule has 0 aliphatic carbocycles. The fourth-order valence-corrected chi connectivity index (χ4v) is 3.12. The van der Waals surface area contributed by atoms with Gasteiger partial charge in [0.15, 0.2) is 0 Å². The van der Waals surface area contributed by atoms with Crippen molar-refractivity contribution in [3.05, 3.63) is 0 Å². The molecule has 1 heterocycles. The Morgan fingerprint density at radius 1 is 1.09 bits per heavy atom. The molecule has 0 aromatic heterocycles. The number of rotatable bonds is 0. The predicted octanol–water partition coefficient (Wildman–Crippen LogP) is 1.72. The van der Waals surface area contributed by atoms with E-state index in [1.807, 2.05) is 0 Å². The molecule has 0 bridgehead atoms. The minimum atomic E-state index is -1.60. The van der Waals surface area contributed by atoms with Gasteiger partial charge >= 0.3 is 59.3 Å². The molecule has 2 atom stereocenters. The zero-order valence-corrected chi connectivity index (χ0v) is 13.8. The number of hydrogen-bond acceptors (Lipinski definition) is 2. The molecular weight excluding hydrogens is 402 g/mol. The normalized spacial score (nSPS) is 49.7. The molecule has 0 saturated carbocycles. The average Bonchev–Trinajstić information content (AvgIpc) is 1.66. The Kier molecular flexibility index (Phi) is 1.11. The second-order valence-electron chi connectivity index (χ2n) is 3.75. The molecule has 1 rings (SSSR count). The number of hydrogen-bond donors (Lipinski definition) is 0. The van der Waals surface area contributed by atoms with Gasteiger partial charge < -0.3 is 0 Å². The molecule has 1 aliphatic heterocycles. The first kappa shape index (κ1) is 7.95. The minimum absolute atomic E-state index is 0.0813. The summed E-state index contributed by atoms with van der Waals surface area (Å²) in [5.41, 5.74) is 0. The van der Waals surface area contributed by atoms with Gasteiger partial charge in [-0.1, -0.05) is 0 Å². The third-order valence-corrected chi connectivity index (χ3v) is 5.36. The van der Waals surface area contributed by atoms with Crippen LogP contribution in [0.1, 0.15) is 27.7 Å². The van der Waals surface area contributed by atoms with E-state index < -0.39 is 17.7 Å². The van der Waals surface area contributed by atoms with Crippen LogP contribution in [-0.4, -0.2) is 17.7 Å². The summed E-state index contributed by atoms with van der Waals surface area (Å²) in [6, 6.07) is 0. The van der Waals surface area contributed by atoms with Gasteiger partial charge in [-0.05, 0) is 0 Å². The Balaban J connectivity index is 2.89. The molecule has 0 amide bonds. The van der Waals surface area contributed by atoms with E-state index in [-0.39, 0.29) is 0 Å². The van der Waals surface area contributed by atoms with E-state index in [4.69, 9.17) is 9.47 Å². The van der Waals surface area contributed by atoms with Crippen molar-refractivity contribution < 1.29 is 13.9 Å². The van der Waals surface area contributed by atoms with Crippen LogP contribution in [0.2, 0.25) is 0 Å². The van der Waals surface area contributed by atoms with Crippen molar-refractivity contribution in [2.24, 2.45) is 0 Å². The first-order valence-electron chi connectivity index (χ1n) is 3.61. The summed E-state index contributed by atoms with van der Waals surface area (Å²) in [7, 11) is 0. The first-order valence-corrected chi connectivity index (χ1v) is 6.81. The van der Waals surface area contributed by atoms with Crippen molar-refractivity contribution in [2.45, 2.75) is 45.4 Å². The van der Waals surface area contributed by atoms with E-state index in [0.29, 0.717) is 0 Å². The zero-order valence-electron chi connectivity index (χ0n) is 7.40. The first-order chi connectivity index (χ1) is 4.66. The summed E-state index contributed by atoms with van der Waals surface area (Å²) in [6.45, 7) is 6.70. The van der Waals surface area contributed by atoms with E-state index in [1.165, 1.54) is 6.92 Å². The third-order valence-electron chi connectivity index (χ3n) is 1.85. The van der Waals surface area contributed by atoms with Gasteiger partial charge in [0, 0.05) is 0 Å². The molecule has 0 radical (unpaired) electrons. The maximum absolute atomic E-state index is 13.6. The van der Waals surface area contributed by atoms with Gasteiger partial charge in [0.25, 0.3) is 0 Å². The van der Waals surface area contributed by atoms with Crippen LogP contribution in [-0.2, 0) is 9.47 Å². The van der Waals surface area contributed by atoms with Crippen molar-refractivity contribution in [3.63, 3.8) is 0 Å². The fourth-order valence-electron chi connectivity index (χ4n) is 1.22. The van der Waals surface area contributed by atoms with E-state index in [9.17, 15) is 4.39 Å². The molecule has 4 heteroatoms. The monoisotopic (exact) mass is 414 g/mol. The van der Waals surface area contributed by atoms with Crippen LogP contribution in [0.3, 0.4) is 0 Å². The summed E-state index contributed by atoms with van der Waals surface area (Å²) in [6.07, 6.45) is -0.655. The Labute approximate surface area is 60.3 Å². The van der Waals surface area contributed by atoms with Crippen molar-refractivity contribution >= 4 is 0 Å². The van der Waals surface area contributed by atoms with E-state index in [0.717, 1.165) is 0 Å². The molecule has 0 spiro atoms. The Morgan fingerprint density at radius 2 is 1.55 bits per heavy atom. The van der Waals surface area contributed by atoms with Crippen LogP contribution in [0.5, 0.6) is 0 Å². The molecule has 2 unspecified atom stereocenters. The average molecular weight is 414 g/mol. The van der Waals surface area contributed by atoms with Crippen LogP contribution in [0.15, 0.2) is 0 Å². The molecule has 1 aliphatic rings. The zero-order chi connectivity index (χ0) is 8.91. The summed E-state index contributed by atoms with van der Waals surface area (Å²) in [5.74, 6) is -2.37. The topological polar surface area (TPSA) is 18.5 Å². The molecule has 1 saturated heterocycles. The fraction of sp³-hybridized carbons (Fsp3) is 1.00. The van der Waals surface area contributed by atoms with E-state index in [1.54, 1.807) is 20.8 Å². The Hall–Kier alpha value is -1.15. The Bertz CT molecular complexity index is 159. The van der Waals surface area contributed by atoms with Gasteiger partial charge in [0.1, 0.15) is 0 Å². The van der Waals surface area contributed by atoms with Crippen LogP contribution in [0.25, 0.3) is 0 Å². The van der Waals surface area contributed by atoms with Gasteiger partial charge in [-0.25, -0.2) is 0 Å². The quantitative estimate of drug-likeness (QED) is 0.602. The van der Waals surface area contributed by atoms with Gasteiger partial charge in [-0.3, -0.25) is 0 Å². The van der Waals surface area contributed by atoms with Crippen molar-refractivity contribution in [1.29, 1.82) is 0 Å². The summed E-state index contributed by atoms with van der Waals surface area (Å²) in [4.78, 5) is 0. The van der Waals surface area contributed by atoms with Gasteiger partial charge in [0.05, 0.1) is 0 Å². The van der Waals surface area contributed by atoms with Crippen LogP contribution in [0, 0.1) is 0 Å².